The van der Waals surface area contributed by atoms with Crippen LogP contribution in [0.15, 0.2) is 12.1 Å². The third-order valence-electron chi connectivity index (χ3n) is 4.00. The Balaban J connectivity index is 2.93. The standard InChI is InChI=1S/C17H26F3N/c1-4-7-8-12(5-2)11-15(21-6-3)13-9-10-14(18)17(20)16(13)19/h9-10,12,15,21H,4-8,11H2,1-3H3. The van der Waals surface area contributed by atoms with Crippen molar-refractivity contribution in [3.63, 3.8) is 0 Å². The summed E-state index contributed by atoms with van der Waals surface area (Å²) in [6.45, 7) is 6.85. The number of hydrogen-bond acceptors (Lipinski definition) is 1. The van der Waals surface area contributed by atoms with Crippen LogP contribution in [-0.2, 0) is 0 Å². The van der Waals surface area contributed by atoms with Crippen LogP contribution in [0.2, 0.25) is 0 Å². The molecule has 0 spiro atoms. The molecule has 0 aliphatic heterocycles. The van der Waals surface area contributed by atoms with E-state index in [0.717, 1.165) is 38.2 Å². The molecule has 0 saturated carbocycles. The first-order chi connectivity index (χ1) is 10.0. The molecule has 1 N–H and O–H groups in total. The van der Waals surface area contributed by atoms with Gasteiger partial charge >= 0.3 is 0 Å². The summed E-state index contributed by atoms with van der Waals surface area (Å²) < 4.78 is 40.5. The van der Waals surface area contributed by atoms with Gasteiger partial charge in [-0.25, -0.2) is 13.2 Å². The Hall–Kier alpha value is -1.03. The predicted octanol–water partition coefficient (Wildman–Crippen LogP) is 5.36. The SMILES string of the molecule is CCCCC(CC)CC(NCC)c1ccc(F)c(F)c1F. The lowest BCUT2D eigenvalue weighted by molar-refractivity contribution is 0.345. The number of nitrogens with one attached hydrogen (secondary N) is 1. The normalized spacial score (nSPS) is 14.2. The molecule has 0 aliphatic carbocycles. The number of rotatable bonds is 9. The highest BCUT2D eigenvalue weighted by atomic mass is 19.2. The maximum absolute atomic E-state index is 14.0. The number of unbranched alkanes of at least 4 members (excludes halogenated alkanes) is 1. The minimum atomic E-state index is -1.38. The van der Waals surface area contributed by atoms with E-state index in [9.17, 15) is 13.2 Å². The van der Waals surface area contributed by atoms with E-state index < -0.39 is 17.5 Å². The van der Waals surface area contributed by atoms with Gasteiger partial charge in [0.15, 0.2) is 17.5 Å². The third kappa shape index (κ3) is 5.03. The van der Waals surface area contributed by atoms with Gasteiger partial charge in [-0.1, -0.05) is 52.5 Å². The molecule has 1 aromatic carbocycles. The summed E-state index contributed by atoms with van der Waals surface area (Å²) in [5.41, 5.74) is 0.227. The van der Waals surface area contributed by atoms with Crippen LogP contribution < -0.4 is 5.32 Å². The molecule has 0 saturated heterocycles. The molecule has 4 heteroatoms. The second-order valence-corrected chi connectivity index (χ2v) is 5.53. The van der Waals surface area contributed by atoms with E-state index in [1.54, 1.807) is 0 Å². The van der Waals surface area contributed by atoms with Crippen molar-refractivity contribution in [1.29, 1.82) is 0 Å². The van der Waals surface area contributed by atoms with Gasteiger partial charge < -0.3 is 5.32 Å². The Bertz CT molecular complexity index is 434. The molecule has 0 aliphatic rings. The van der Waals surface area contributed by atoms with Gasteiger partial charge in [-0.05, 0) is 24.9 Å². The van der Waals surface area contributed by atoms with Crippen molar-refractivity contribution >= 4 is 0 Å². The van der Waals surface area contributed by atoms with Crippen LogP contribution in [0.4, 0.5) is 13.2 Å². The maximum Gasteiger partial charge on any atom is 0.194 e. The Morgan fingerprint density at radius 1 is 1.05 bits per heavy atom. The summed E-state index contributed by atoms with van der Waals surface area (Å²) in [6, 6.07) is 2.09. The molecule has 0 fully saturated rings. The predicted molar refractivity (Wildman–Crippen MR) is 80.7 cm³/mol. The summed E-state index contributed by atoms with van der Waals surface area (Å²) >= 11 is 0. The molecule has 0 bridgehead atoms. The number of benzene rings is 1. The Labute approximate surface area is 125 Å². The molecule has 0 amide bonds. The van der Waals surface area contributed by atoms with E-state index >= 15 is 0 Å². The first kappa shape index (κ1) is 18.0. The van der Waals surface area contributed by atoms with E-state index in [-0.39, 0.29) is 11.6 Å². The first-order valence-corrected chi connectivity index (χ1v) is 7.91. The van der Waals surface area contributed by atoms with Gasteiger partial charge in [0.05, 0.1) is 0 Å². The van der Waals surface area contributed by atoms with E-state index in [1.807, 2.05) is 6.92 Å². The second kappa shape index (κ2) is 9.08. The van der Waals surface area contributed by atoms with E-state index in [4.69, 9.17) is 0 Å². The minimum Gasteiger partial charge on any atom is -0.310 e. The van der Waals surface area contributed by atoms with Crippen molar-refractivity contribution < 1.29 is 13.2 Å². The first-order valence-electron chi connectivity index (χ1n) is 7.91. The monoisotopic (exact) mass is 301 g/mol. The Morgan fingerprint density at radius 3 is 2.33 bits per heavy atom. The van der Waals surface area contributed by atoms with Crippen LogP contribution >= 0.6 is 0 Å². The number of hydrogen-bond donors (Lipinski definition) is 1. The summed E-state index contributed by atoms with van der Waals surface area (Å²) in [4.78, 5) is 0. The van der Waals surface area contributed by atoms with Crippen molar-refractivity contribution in [2.24, 2.45) is 5.92 Å². The molecule has 1 rings (SSSR count). The van der Waals surface area contributed by atoms with Gasteiger partial charge in [0.25, 0.3) is 0 Å². The van der Waals surface area contributed by atoms with Crippen LogP contribution in [0, 0.1) is 23.4 Å². The highest BCUT2D eigenvalue weighted by Gasteiger charge is 2.22. The van der Waals surface area contributed by atoms with E-state index in [0.29, 0.717) is 12.5 Å². The maximum atomic E-state index is 14.0. The Kier molecular flexibility index (Phi) is 7.79. The largest absolute Gasteiger partial charge is 0.310 e. The van der Waals surface area contributed by atoms with E-state index in [1.165, 1.54) is 6.07 Å². The van der Waals surface area contributed by atoms with Crippen molar-refractivity contribution in [3.05, 3.63) is 35.1 Å². The van der Waals surface area contributed by atoms with Crippen molar-refractivity contribution in [1.82, 2.24) is 5.32 Å². The van der Waals surface area contributed by atoms with Gasteiger partial charge in [-0.2, -0.15) is 0 Å². The van der Waals surface area contributed by atoms with Crippen molar-refractivity contribution in [2.45, 2.75) is 58.9 Å². The molecule has 0 heterocycles. The molecule has 0 radical (unpaired) electrons. The minimum absolute atomic E-state index is 0.227. The molecule has 2 atom stereocenters. The van der Waals surface area contributed by atoms with Crippen molar-refractivity contribution in [3.8, 4) is 0 Å². The van der Waals surface area contributed by atoms with Crippen LogP contribution in [0.5, 0.6) is 0 Å². The zero-order chi connectivity index (χ0) is 15.8. The second-order valence-electron chi connectivity index (χ2n) is 5.53. The van der Waals surface area contributed by atoms with Gasteiger partial charge in [-0.3, -0.25) is 0 Å². The lowest BCUT2D eigenvalue weighted by Crippen LogP contribution is -2.25. The zero-order valence-electron chi connectivity index (χ0n) is 13.2. The molecule has 0 aromatic heterocycles. The van der Waals surface area contributed by atoms with Crippen LogP contribution in [0.25, 0.3) is 0 Å². The number of halogens is 3. The molecule has 1 nitrogen and oxygen atoms in total. The van der Waals surface area contributed by atoms with Crippen LogP contribution in [0.3, 0.4) is 0 Å². The fraction of sp³-hybridized carbons (Fsp3) is 0.647. The average molecular weight is 301 g/mol. The third-order valence-corrected chi connectivity index (χ3v) is 4.00. The van der Waals surface area contributed by atoms with E-state index in [2.05, 4.69) is 19.2 Å². The lowest BCUT2D eigenvalue weighted by Gasteiger charge is -2.24. The highest BCUT2D eigenvalue weighted by molar-refractivity contribution is 5.23. The van der Waals surface area contributed by atoms with Gasteiger partial charge in [-0.15, -0.1) is 0 Å². The Morgan fingerprint density at radius 2 is 1.76 bits per heavy atom. The van der Waals surface area contributed by atoms with Crippen molar-refractivity contribution in [2.75, 3.05) is 6.54 Å². The molecule has 120 valence electrons. The molecule has 2 unspecified atom stereocenters. The fourth-order valence-electron chi connectivity index (χ4n) is 2.69. The molecular weight excluding hydrogens is 275 g/mol. The summed E-state index contributed by atoms with van der Waals surface area (Å²) in [5, 5.41) is 3.20. The summed E-state index contributed by atoms with van der Waals surface area (Å²) in [5.74, 6) is -3.12. The van der Waals surface area contributed by atoms with Gasteiger partial charge in [0.2, 0.25) is 0 Å². The highest BCUT2D eigenvalue weighted by Crippen LogP contribution is 2.29. The average Bonchev–Trinajstić information content (AvgIpc) is 2.48. The van der Waals surface area contributed by atoms with Crippen LogP contribution in [-0.4, -0.2) is 6.54 Å². The fourth-order valence-corrected chi connectivity index (χ4v) is 2.69. The molecule has 21 heavy (non-hydrogen) atoms. The van der Waals surface area contributed by atoms with Gasteiger partial charge in [0.1, 0.15) is 0 Å². The zero-order valence-corrected chi connectivity index (χ0v) is 13.2. The van der Waals surface area contributed by atoms with Crippen LogP contribution in [0.1, 0.15) is 64.5 Å². The summed E-state index contributed by atoms with van der Waals surface area (Å²) in [7, 11) is 0. The molecular formula is C17H26F3N. The topological polar surface area (TPSA) is 12.0 Å². The lowest BCUT2D eigenvalue weighted by atomic mass is 9.89. The summed E-state index contributed by atoms with van der Waals surface area (Å²) in [6.07, 6.45) is 5.10. The smallest absolute Gasteiger partial charge is 0.194 e. The molecule has 1 aromatic rings. The quantitative estimate of drug-likeness (QED) is 0.605. The van der Waals surface area contributed by atoms with Gasteiger partial charge in [0, 0.05) is 11.6 Å².